The first-order valence-electron chi connectivity index (χ1n) is 10.4. The van der Waals surface area contributed by atoms with Gasteiger partial charge in [-0.15, -0.1) is 0 Å². The third-order valence-electron chi connectivity index (χ3n) is 6.85. The minimum Gasteiger partial charge on any atom is -0.361 e. The molecule has 1 saturated heterocycles. The van der Waals surface area contributed by atoms with Crippen molar-refractivity contribution in [3.8, 4) is 0 Å². The number of fused-ring (bicyclic) bond motifs is 2. The molecule has 4 nitrogen and oxygen atoms in total. The van der Waals surface area contributed by atoms with E-state index in [4.69, 9.17) is 4.52 Å². The van der Waals surface area contributed by atoms with Gasteiger partial charge in [0.2, 0.25) is 0 Å². The van der Waals surface area contributed by atoms with Crippen LogP contribution in [0.3, 0.4) is 0 Å². The van der Waals surface area contributed by atoms with E-state index in [0.29, 0.717) is 17.9 Å². The zero-order valence-corrected chi connectivity index (χ0v) is 16.6. The monoisotopic (exact) mass is 363 g/mol. The Bertz CT molecular complexity index is 950. The smallest absolute Gasteiger partial charge is 0.137 e. The van der Waals surface area contributed by atoms with Gasteiger partial charge >= 0.3 is 0 Å². The predicted molar refractivity (Wildman–Crippen MR) is 108 cm³/mol. The number of hydrogen-bond donors (Lipinski definition) is 1. The molecule has 3 atom stereocenters. The summed E-state index contributed by atoms with van der Waals surface area (Å²) in [7, 11) is 0. The highest BCUT2D eigenvalue weighted by Gasteiger charge is 2.40. The quantitative estimate of drug-likeness (QED) is 0.727. The highest BCUT2D eigenvalue weighted by molar-refractivity contribution is 5.88. The molecule has 1 aromatic carbocycles. The van der Waals surface area contributed by atoms with Gasteiger partial charge in [0.05, 0.1) is 5.69 Å². The molecule has 2 aliphatic rings. The van der Waals surface area contributed by atoms with E-state index in [9.17, 15) is 0 Å². The number of rotatable bonds is 4. The van der Waals surface area contributed by atoms with Crippen LogP contribution < -0.4 is 0 Å². The first kappa shape index (κ1) is 17.1. The Balaban J connectivity index is 1.51. The molecular weight excluding hydrogens is 334 g/mol. The molecule has 3 heterocycles. The van der Waals surface area contributed by atoms with Crippen LogP contribution in [0.1, 0.15) is 53.8 Å². The number of benzene rings is 1. The van der Waals surface area contributed by atoms with Crippen LogP contribution >= 0.6 is 0 Å². The minimum atomic E-state index is 0.628. The lowest BCUT2D eigenvalue weighted by Crippen LogP contribution is -2.50. The number of hydrogen-bond acceptors (Lipinski definition) is 3. The van der Waals surface area contributed by atoms with E-state index >= 15 is 0 Å². The summed E-state index contributed by atoms with van der Waals surface area (Å²) in [6, 6.07) is 7.46. The van der Waals surface area contributed by atoms with Crippen molar-refractivity contribution in [3.05, 3.63) is 52.5 Å². The number of H-pyrrole nitrogens is 1. The molecule has 2 aromatic heterocycles. The lowest BCUT2D eigenvalue weighted by atomic mass is 9.71. The van der Waals surface area contributed by atoms with Gasteiger partial charge in [0, 0.05) is 41.2 Å². The van der Waals surface area contributed by atoms with E-state index in [0.717, 1.165) is 17.9 Å². The molecule has 0 saturated carbocycles. The van der Waals surface area contributed by atoms with Crippen LogP contribution in [0.4, 0.5) is 0 Å². The standard InChI is InChI=1S/C23H29N3O/c1-4-8-26-13-16(9-19-14(2)25-27-15(19)3)10-20-18-6-5-7-21-23(18)17(12-24-21)11-22(20)26/h5-7,12,16,20,22,24H,4,8-11,13H2,1-3H3/t16-,20-,22-/m1/s1. The first-order chi connectivity index (χ1) is 13.2. The third kappa shape index (κ3) is 2.73. The van der Waals surface area contributed by atoms with Crippen molar-refractivity contribution in [1.82, 2.24) is 15.0 Å². The van der Waals surface area contributed by atoms with E-state index in [1.807, 2.05) is 0 Å². The molecule has 1 aliphatic carbocycles. The second-order valence-electron chi connectivity index (χ2n) is 8.57. The number of aromatic amines is 1. The number of piperidine rings is 1. The van der Waals surface area contributed by atoms with Crippen molar-refractivity contribution in [2.45, 2.75) is 58.4 Å². The predicted octanol–water partition coefficient (Wildman–Crippen LogP) is 4.76. The molecule has 27 heavy (non-hydrogen) atoms. The summed E-state index contributed by atoms with van der Waals surface area (Å²) >= 11 is 0. The van der Waals surface area contributed by atoms with Crippen LogP contribution in [-0.4, -0.2) is 34.2 Å². The highest BCUT2D eigenvalue weighted by Crippen LogP contribution is 2.45. The second kappa shape index (κ2) is 6.52. The topological polar surface area (TPSA) is 45.1 Å². The fourth-order valence-corrected chi connectivity index (χ4v) is 5.67. The van der Waals surface area contributed by atoms with Gasteiger partial charge < -0.3 is 9.51 Å². The Morgan fingerprint density at radius 1 is 1.30 bits per heavy atom. The Morgan fingerprint density at radius 2 is 2.19 bits per heavy atom. The average molecular weight is 364 g/mol. The van der Waals surface area contributed by atoms with Crippen LogP contribution in [0.5, 0.6) is 0 Å². The van der Waals surface area contributed by atoms with Gasteiger partial charge in [-0.2, -0.15) is 0 Å². The number of nitrogens with one attached hydrogen (secondary N) is 1. The van der Waals surface area contributed by atoms with Gasteiger partial charge in [-0.05, 0) is 69.2 Å². The summed E-state index contributed by atoms with van der Waals surface area (Å²) in [6.45, 7) is 8.81. The Kier molecular flexibility index (Phi) is 4.12. The summed E-state index contributed by atoms with van der Waals surface area (Å²) in [5, 5.41) is 5.67. The molecule has 0 radical (unpaired) electrons. The van der Waals surface area contributed by atoms with Crippen LogP contribution in [0.25, 0.3) is 10.9 Å². The fourth-order valence-electron chi connectivity index (χ4n) is 5.67. The van der Waals surface area contributed by atoms with E-state index in [1.54, 1.807) is 5.56 Å². The highest BCUT2D eigenvalue weighted by atomic mass is 16.5. The van der Waals surface area contributed by atoms with E-state index in [-0.39, 0.29) is 0 Å². The molecule has 1 N–H and O–H groups in total. The summed E-state index contributed by atoms with van der Waals surface area (Å²) in [6.07, 6.45) is 6.98. The molecule has 5 rings (SSSR count). The Labute approximate surface area is 160 Å². The zero-order chi connectivity index (χ0) is 18.5. The molecular formula is C23H29N3O. The average Bonchev–Trinajstić information content (AvgIpc) is 3.22. The normalized spacial score (nSPS) is 25.1. The molecule has 0 spiro atoms. The van der Waals surface area contributed by atoms with Gasteiger partial charge in [-0.3, -0.25) is 4.90 Å². The minimum absolute atomic E-state index is 0.628. The van der Waals surface area contributed by atoms with Gasteiger partial charge in [0.15, 0.2) is 0 Å². The Hall–Kier alpha value is -2.07. The van der Waals surface area contributed by atoms with Crippen LogP contribution in [0.2, 0.25) is 0 Å². The lowest BCUT2D eigenvalue weighted by molar-refractivity contribution is 0.0844. The second-order valence-corrected chi connectivity index (χ2v) is 8.57. The first-order valence-corrected chi connectivity index (χ1v) is 10.4. The molecule has 0 bridgehead atoms. The van der Waals surface area contributed by atoms with Crippen molar-refractivity contribution >= 4 is 10.9 Å². The van der Waals surface area contributed by atoms with Crippen molar-refractivity contribution in [2.75, 3.05) is 13.1 Å². The molecule has 142 valence electrons. The maximum Gasteiger partial charge on any atom is 0.137 e. The van der Waals surface area contributed by atoms with Crippen LogP contribution in [0.15, 0.2) is 28.9 Å². The van der Waals surface area contributed by atoms with Gasteiger partial charge in [-0.1, -0.05) is 24.2 Å². The van der Waals surface area contributed by atoms with Gasteiger partial charge in [-0.25, -0.2) is 0 Å². The summed E-state index contributed by atoms with van der Waals surface area (Å²) in [5.41, 5.74) is 6.76. The third-order valence-corrected chi connectivity index (χ3v) is 6.85. The maximum atomic E-state index is 5.43. The number of aromatic nitrogens is 2. The van der Waals surface area contributed by atoms with Crippen molar-refractivity contribution in [3.63, 3.8) is 0 Å². The molecule has 0 unspecified atom stereocenters. The van der Waals surface area contributed by atoms with Crippen molar-refractivity contribution in [1.29, 1.82) is 0 Å². The largest absolute Gasteiger partial charge is 0.361 e. The van der Waals surface area contributed by atoms with E-state index in [1.165, 1.54) is 54.4 Å². The summed E-state index contributed by atoms with van der Waals surface area (Å²) < 4.78 is 5.43. The van der Waals surface area contributed by atoms with Crippen molar-refractivity contribution in [2.24, 2.45) is 5.92 Å². The summed E-state index contributed by atoms with van der Waals surface area (Å²) in [4.78, 5) is 6.27. The molecule has 3 aromatic rings. The Morgan fingerprint density at radius 3 is 2.96 bits per heavy atom. The molecule has 0 amide bonds. The molecule has 1 fully saturated rings. The number of likely N-dealkylation sites (tertiary alicyclic amines) is 1. The maximum absolute atomic E-state index is 5.43. The van der Waals surface area contributed by atoms with Gasteiger partial charge in [0.1, 0.15) is 5.76 Å². The summed E-state index contributed by atoms with van der Waals surface area (Å²) in [5.74, 6) is 2.28. The molecule has 1 aliphatic heterocycles. The lowest BCUT2D eigenvalue weighted by Gasteiger charge is -2.47. The zero-order valence-electron chi connectivity index (χ0n) is 16.6. The van der Waals surface area contributed by atoms with E-state index < -0.39 is 0 Å². The van der Waals surface area contributed by atoms with Crippen molar-refractivity contribution < 1.29 is 4.52 Å². The fraction of sp³-hybridized carbons (Fsp3) is 0.522. The van der Waals surface area contributed by atoms with Crippen LogP contribution in [0, 0.1) is 19.8 Å². The molecule has 4 heteroatoms. The SMILES string of the molecule is CCCN1C[C@H](Cc2c(C)noc2C)C[C@@H]2c3cccc4[nH]cc(c34)C[C@H]21. The van der Waals surface area contributed by atoms with Crippen LogP contribution in [-0.2, 0) is 12.8 Å². The number of aryl methyl sites for hydroxylation is 2. The van der Waals surface area contributed by atoms with E-state index in [2.05, 4.69) is 60.2 Å². The number of nitrogens with zero attached hydrogens (tertiary/aromatic N) is 2. The van der Waals surface area contributed by atoms with Gasteiger partial charge in [0.25, 0.3) is 0 Å².